The highest BCUT2D eigenvalue weighted by molar-refractivity contribution is 7.09. The van der Waals surface area contributed by atoms with Gasteiger partial charge in [-0.3, -0.25) is 9.69 Å². The van der Waals surface area contributed by atoms with Gasteiger partial charge in [0.05, 0.1) is 18.2 Å². The van der Waals surface area contributed by atoms with Crippen LogP contribution in [0.15, 0.2) is 29.6 Å². The summed E-state index contributed by atoms with van der Waals surface area (Å²) in [6.07, 6.45) is 1.89. The van der Waals surface area contributed by atoms with E-state index in [1.165, 1.54) is 12.1 Å². The van der Waals surface area contributed by atoms with Gasteiger partial charge in [-0.25, -0.2) is 9.37 Å². The number of ether oxygens (including phenoxy) is 2. The van der Waals surface area contributed by atoms with Crippen molar-refractivity contribution in [3.05, 3.63) is 46.2 Å². The van der Waals surface area contributed by atoms with Crippen molar-refractivity contribution >= 4 is 17.3 Å². The Labute approximate surface area is 156 Å². The van der Waals surface area contributed by atoms with Crippen molar-refractivity contribution in [3.8, 4) is 5.75 Å². The molecule has 1 aromatic heterocycles. The molecule has 2 aromatic rings. The highest BCUT2D eigenvalue weighted by atomic mass is 32.1. The fourth-order valence-corrected chi connectivity index (χ4v) is 3.74. The van der Waals surface area contributed by atoms with E-state index in [0.717, 1.165) is 43.2 Å². The second kappa shape index (κ2) is 9.09. The first kappa shape index (κ1) is 18.8. The van der Waals surface area contributed by atoms with Crippen molar-refractivity contribution in [2.75, 3.05) is 19.7 Å². The molecule has 0 spiro atoms. The predicted molar refractivity (Wildman–Crippen MR) is 97.5 cm³/mol. The van der Waals surface area contributed by atoms with E-state index in [4.69, 9.17) is 9.47 Å². The van der Waals surface area contributed by atoms with Crippen LogP contribution in [0.5, 0.6) is 5.75 Å². The summed E-state index contributed by atoms with van der Waals surface area (Å²) in [7, 11) is 0. The van der Waals surface area contributed by atoms with E-state index in [-0.39, 0.29) is 17.7 Å². The van der Waals surface area contributed by atoms with E-state index in [9.17, 15) is 9.18 Å². The van der Waals surface area contributed by atoms with Gasteiger partial charge in [-0.15, -0.1) is 11.3 Å². The van der Waals surface area contributed by atoms with Gasteiger partial charge in [0.15, 0.2) is 0 Å². The second-order valence-corrected chi connectivity index (χ2v) is 7.24. The fraction of sp³-hybridized carbons (Fsp3) is 0.474. The largest absolute Gasteiger partial charge is 0.486 e. The van der Waals surface area contributed by atoms with Gasteiger partial charge < -0.3 is 9.47 Å². The van der Waals surface area contributed by atoms with Gasteiger partial charge in [0.25, 0.3) is 0 Å². The Balaban J connectivity index is 1.50. The molecule has 1 fully saturated rings. The third-order valence-electron chi connectivity index (χ3n) is 4.29. The number of carbonyl (C=O) groups excluding carboxylic acids is 1. The van der Waals surface area contributed by atoms with Crippen LogP contribution in [0.25, 0.3) is 0 Å². The molecule has 0 radical (unpaired) electrons. The molecule has 5 nitrogen and oxygen atoms in total. The summed E-state index contributed by atoms with van der Waals surface area (Å²) < 4.78 is 23.7. The lowest BCUT2D eigenvalue weighted by molar-refractivity contribution is -0.150. The Hall–Kier alpha value is -1.99. The number of esters is 1. The lowest BCUT2D eigenvalue weighted by Crippen LogP contribution is -2.39. The molecule has 3 rings (SSSR count). The van der Waals surface area contributed by atoms with Crippen LogP contribution in [0.1, 0.15) is 30.5 Å². The summed E-state index contributed by atoms with van der Waals surface area (Å²) in [5.74, 6) is 0.209. The quantitative estimate of drug-likeness (QED) is 0.689. The zero-order valence-corrected chi connectivity index (χ0v) is 15.6. The summed E-state index contributed by atoms with van der Waals surface area (Å²) >= 11 is 1.55. The van der Waals surface area contributed by atoms with E-state index in [1.54, 1.807) is 23.5 Å². The topological polar surface area (TPSA) is 51.7 Å². The number of halogens is 1. The lowest BCUT2D eigenvalue weighted by atomic mass is 9.98. The molecular weight excluding hydrogens is 355 g/mol. The van der Waals surface area contributed by atoms with E-state index in [1.807, 2.05) is 12.3 Å². The number of thiazole rings is 1. The van der Waals surface area contributed by atoms with Crippen molar-refractivity contribution in [3.63, 3.8) is 0 Å². The zero-order valence-electron chi connectivity index (χ0n) is 14.8. The van der Waals surface area contributed by atoms with E-state index in [2.05, 4.69) is 9.88 Å². The zero-order chi connectivity index (χ0) is 18.4. The monoisotopic (exact) mass is 378 g/mol. The highest BCUT2D eigenvalue weighted by Gasteiger charge is 2.27. The Kier molecular flexibility index (Phi) is 6.57. The Bertz CT molecular complexity index is 720. The van der Waals surface area contributed by atoms with Crippen LogP contribution in [0, 0.1) is 11.7 Å². The molecule has 0 N–H and O–H groups in total. The molecule has 1 atom stereocenters. The summed E-state index contributed by atoms with van der Waals surface area (Å²) in [4.78, 5) is 18.8. The molecule has 0 amide bonds. The number of rotatable bonds is 7. The van der Waals surface area contributed by atoms with Crippen molar-refractivity contribution < 1.29 is 18.7 Å². The van der Waals surface area contributed by atoms with Crippen LogP contribution < -0.4 is 4.74 Å². The van der Waals surface area contributed by atoms with Gasteiger partial charge in [0.2, 0.25) is 0 Å². The minimum absolute atomic E-state index is 0.0383. The van der Waals surface area contributed by atoms with Crippen molar-refractivity contribution in [1.82, 2.24) is 9.88 Å². The van der Waals surface area contributed by atoms with Crippen LogP contribution in [0.3, 0.4) is 0 Å². The van der Waals surface area contributed by atoms with Crippen LogP contribution in [0.2, 0.25) is 0 Å². The van der Waals surface area contributed by atoms with Crippen LogP contribution in [-0.2, 0) is 22.7 Å². The Morgan fingerprint density at radius 2 is 2.19 bits per heavy atom. The molecule has 1 aliphatic rings. The lowest BCUT2D eigenvalue weighted by Gasteiger charge is -2.30. The third-order valence-corrected chi connectivity index (χ3v) is 5.16. The first-order valence-corrected chi connectivity index (χ1v) is 9.72. The summed E-state index contributed by atoms with van der Waals surface area (Å²) in [6, 6.07) is 5.96. The van der Waals surface area contributed by atoms with Gasteiger partial charge in [-0.1, -0.05) is 0 Å². The standard InChI is InChI=1S/C19H23FN2O3S/c1-2-24-19(23)14-4-3-9-22(10-14)11-16-13-26-18(21-16)12-25-17-7-5-15(20)6-8-17/h5-8,13-14H,2-4,9-12H2,1H3. The third kappa shape index (κ3) is 5.25. The van der Waals surface area contributed by atoms with Crippen LogP contribution >= 0.6 is 11.3 Å². The van der Waals surface area contributed by atoms with Crippen molar-refractivity contribution in [1.29, 1.82) is 0 Å². The first-order valence-electron chi connectivity index (χ1n) is 8.84. The minimum Gasteiger partial charge on any atom is -0.486 e. The maximum absolute atomic E-state index is 12.9. The van der Waals surface area contributed by atoms with Crippen LogP contribution in [0.4, 0.5) is 4.39 Å². The molecule has 26 heavy (non-hydrogen) atoms. The summed E-state index contributed by atoms with van der Waals surface area (Å²) in [5.41, 5.74) is 0.984. The maximum Gasteiger partial charge on any atom is 0.310 e. The first-order chi connectivity index (χ1) is 12.6. The molecule has 0 bridgehead atoms. The van der Waals surface area contributed by atoms with E-state index < -0.39 is 0 Å². The smallest absolute Gasteiger partial charge is 0.310 e. The maximum atomic E-state index is 12.9. The molecule has 0 saturated carbocycles. The average Bonchev–Trinajstić information content (AvgIpc) is 3.09. The molecule has 140 valence electrons. The number of piperidine rings is 1. The summed E-state index contributed by atoms with van der Waals surface area (Å²) in [5, 5.41) is 2.90. The molecule has 7 heteroatoms. The molecule has 1 saturated heterocycles. The molecule has 1 aliphatic heterocycles. The fourth-order valence-electron chi connectivity index (χ4n) is 3.04. The number of likely N-dealkylation sites (tertiary alicyclic amines) is 1. The summed E-state index contributed by atoms with van der Waals surface area (Å²) in [6.45, 7) is 5.04. The molecule has 2 heterocycles. The predicted octanol–water partition coefficient (Wildman–Crippen LogP) is 3.64. The average molecular weight is 378 g/mol. The van der Waals surface area contributed by atoms with Gasteiger partial charge >= 0.3 is 5.97 Å². The number of nitrogens with zero attached hydrogens (tertiary/aromatic N) is 2. The number of carbonyl (C=O) groups is 1. The second-order valence-electron chi connectivity index (χ2n) is 6.30. The number of hydrogen-bond donors (Lipinski definition) is 0. The normalized spacial score (nSPS) is 17.8. The van der Waals surface area contributed by atoms with Crippen molar-refractivity contribution in [2.24, 2.45) is 5.92 Å². The number of hydrogen-bond acceptors (Lipinski definition) is 6. The van der Waals surface area contributed by atoms with Crippen molar-refractivity contribution in [2.45, 2.75) is 32.9 Å². The molecule has 0 aliphatic carbocycles. The molecule has 1 unspecified atom stereocenters. The Morgan fingerprint density at radius 1 is 1.38 bits per heavy atom. The number of aromatic nitrogens is 1. The number of benzene rings is 1. The highest BCUT2D eigenvalue weighted by Crippen LogP contribution is 2.21. The van der Waals surface area contributed by atoms with Crippen LogP contribution in [-0.4, -0.2) is 35.5 Å². The van der Waals surface area contributed by atoms with Gasteiger partial charge in [0, 0.05) is 18.5 Å². The van der Waals surface area contributed by atoms with Gasteiger partial charge in [0.1, 0.15) is 23.2 Å². The molecule has 1 aromatic carbocycles. The van der Waals surface area contributed by atoms with Gasteiger partial charge in [-0.05, 0) is 50.6 Å². The molecular formula is C19H23FN2O3S. The van der Waals surface area contributed by atoms with E-state index >= 15 is 0 Å². The van der Waals surface area contributed by atoms with E-state index in [0.29, 0.717) is 19.0 Å². The Morgan fingerprint density at radius 3 is 2.96 bits per heavy atom. The van der Waals surface area contributed by atoms with Gasteiger partial charge in [-0.2, -0.15) is 0 Å². The minimum atomic E-state index is -0.281. The SMILES string of the molecule is CCOC(=O)C1CCCN(Cc2csc(COc3ccc(F)cc3)n2)C1.